The summed E-state index contributed by atoms with van der Waals surface area (Å²) in [6.45, 7) is -0.263. The van der Waals surface area contributed by atoms with Crippen LogP contribution < -0.4 is 0 Å². The van der Waals surface area contributed by atoms with Crippen molar-refractivity contribution in [2.24, 2.45) is 0 Å². The first kappa shape index (κ1) is 11.8. The van der Waals surface area contributed by atoms with E-state index in [4.69, 9.17) is 16.7 Å². The lowest BCUT2D eigenvalue weighted by molar-refractivity contribution is 0.145. The molecule has 1 heterocycles. The van der Waals surface area contributed by atoms with E-state index < -0.39 is 6.43 Å². The first-order valence-electron chi connectivity index (χ1n) is 3.73. The van der Waals surface area contributed by atoms with Crippen LogP contribution in [0.1, 0.15) is 23.2 Å². The maximum Gasteiger partial charge on any atom is 0.280 e. The highest BCUT2D eigenvalue weighted by atomic mass is 79.9. The monoisotopic (exact) mass is 285 g/mol. The average Bonchev–Trinajstić information content (AvgIpc) is 2.17. The molecule has 2 nitrogen and oxygen atoms in total. The quantitative estimate of drug-likeness (QED) is 0.867. The topological polar surface area (TPSA) is 33.1 Å². The number of nitrogens with zero attached hydrogens (tertiary/aromatic N) is 1. The van der Waals surface area contributed by atoms with Gasteiger partial charge in [-0.3, -0.25) is 4.98 Å². The van der Waals surface area contributed by atoms with Gasteiger partial charge in [-0.1, -0.05) is 0 Å². The molecule has 0 unspecified atom stereocenters. The van der Waals surface area contributed by atoms with Crippen molar-refractivity contribution in [1.82, 2.24) is 4.98 Å². The number of rotatable bonds is 3. The maximum atomic E-state index is 12.4. The van der Waals surface area contributed by atoms with E-state index in [9.17, 15) is 8.78 Å². The van der Waals surface area contributed by atoms with E-state index >= 15 is 0 Å². The summed E-state index contributed by atoms with van der Waals surface area (Å²) in [6.07, 6.45) is -1.45. The van der Waals surface area contributed by atoms with E-state index in [2.05, 4.69) is 20.9 Å². The summed E-state index contributed by atoms with van der Waals surface area (Å²) in [5, 5.41) is 8.87. The smallest absolute Gasteiger partial charge is 0.280 e. The van der Waals surface area contributed by atoms with Gasteiger partial charge in [0, 0.05) is 21.8 Å². The van der Waals surface area contributed by atoms with Crippen molar-refractivity contribution in [2.45, 2.75) is 18.9 Å². The molecule has 0 aromatic carbocycles. The predicted octanol–water partition coefficient (Wildman–Crippen LogP) is 3.01. The molecule has 1 N–H and O–H groups in total. The number of hydrogen-bond donors (Lipinski definition) is 1. The second-order valence-electron chi connectivity index (χ2n) is 2.55. The van der Waals surface area contributed by atoms with E-state index in [1.807, 2.05) is 0 Å². The lowest BCUT2D eigenvalue weighted by Gasteiger charge is -2.10. The van der Waals surface area contributed by atoms with Crippen molar-refractivity contribution in [3.8, 4) is 0 Å². The molecule has 1 rings (SSSR count). The Bertz CT molecular complexity index is 335. The Morgan fingerprint density at radius 2 is 2.21 bits per heavy atom. The summed E-state index contributed by atoms with van der Waals surface area (Å²) in [6, 6.07) is 0. The van der Waals surface area contributed by atoms with Gasteiger partial charge in [-0.25, -0.2) is 8.78 Å². The third-order valence-corrected chi connectivity index (χ3v) is 2.98. The summed E-state index contributed by atoms with van der Waals surface area (Å²) in [7, 11) is 0. The van der Waals surface area contributed by atoms with Crippen molar-refractivity contribution in [1.29, 1.82) is 0 Å². The van der Waals surface area contributed by atoms with Gasteiger partial charge in [-0.15, -0.1) is 11.6 Å². The minimum Gasteiger partial charge on any atom is -0.392 e. The molecule has 6 heteroatoms. The minimum atomic E-state index is -2.66. The van der Waals surface area contributed by atoms with Crippen molar-refractivity contribution in [2.75, 3.05) is 0 Å². The zero-order valence-electron chi connectivity index (χ0n) is 6.98. The number of aliphatic hydroxyl groups excluding tert-OH is 1. The lowest BCUT2D eigenvalue weighted by atomic mass is 10.1. The molecule has 14 heavy (non-hydrogen) atoms. The van der Waals surface area contributed by atoms with Gasteiger partial charge < -0.3 is 5.11 Å². The number of pyridine rings is 1. The van der Waals surface area contributed by atoms with Gasteiger partial charge in [0.25, 0.3) is 6.43 Å². The molecule has 0 radical (unpaired) electrons. The van der Waals surface area contributed by atoms with Crippen molar-refractivity contribution in [3.05, 3.63) is 27.5 Å². The fourth-order valence-corrected chi connectivity index (χ4v) is 2.02. The second kappa shape index (κ2) is 5.00. The zero-order valence-corrected chi connectivity index (χ0v) is 9.32. The van der Waals surface area contributed by atoms with Crippen LogP contribution in [0, 0.1) is 0 Å². The molecule has 78 valence electrons. The van der Waals surface area contributed by atoms with Crippen molar-refractivity contribution >= 4 is 27.5 Å². The molecule has 0 atom stereocenters. The Morgan fingerprint density at radius 1 is 1.57 bits per heavy atom. The molecule has 0 bridgehead atoms. The van der Waals surface area contributed by atoms with Gasteiger partial charge in [0.05, 0.1) is 12.5 Å². The summed E-state index contributed by atoms with van der Waals surface area (Å²) < 4.78 is 25.3. The average molecular weight is 287 g/mol. The molecule has 1 aromatic rings. The first-order chi connectivity index (χ1) is 6.61. The number of aliphatic hydroxyl groups is 1. The summed E-state index contributed by atoms with van der Waals surface area (Å²) >= 11 is 8.63. The highest BCUT2D eigenvalue weighted by Crippen LogP contribution is 2.30. The molecule has 0 spiro atoms. The van der Waals surface area contributed by atoms with Crippen LogP contribution in [-0.4, -0.2) is 10.1 Å². The number of aromatic nitrogens is 1. The molecular weight excluding hydrogens is 279 g/mol. The van der Waals surface area contributed by atoms with Gasteiger partial charge in [0.1, 0.15) is 5.69 Å². The normalized spacial score (nSPS) is 11.0. The molecule has 0 aliphatic carbocycles. The van der Waals surface area contributed by atoms with Crippen LogP contribution >= 0.6 is 27.5 Å². The molecule has 0 saturated heterocycles. The summed E-state index contributed by atoms with van der Waals surface area (Å²) in [5.41, 5.74) is 0.336. The van der Waals surface area contributed by atoms with E-state index in [1.165, 1.54) is 6.20 Å². The van der Waals surface area contributed by atoms with Crippen LogP contribution in [-0.2, 0) is 12.5 Å². The van der Waals surface area contributed by atoms with Gasteiger partial charge in [0.15, 0.2) is 0 Å². The molecule has 0 aliphatic rings. The van der Waals surface area contributed by atoms with E-state index in [0.717, 1.165) is 0 Å². The first-order valence-corrected chi connectivity index (χ1v) is 5.05. The van der Waals surface area contributed by atoms with E-state index in [0.29, 0.717) is 10.0 Å². The third-order valence-electron chi connectivity index (χ3n) is 1.73. The number of hydrogen-bond acceptors (Lipinski definition) is 2. The van der Waals surface area contributed by atoms with Gasteiger partial charge in [-0.2, -0.15) is 0 Å². The molecule has 0 fully saturated rings. The largest absolute Gasteiger partial charge is 0.392 e. The van der Waals surface area contributed by atoms with Crippen LogP contribution in [0.5, 0.6) is 0 Å². The SMILES string of the molecule is OCc1cnc(C(F)F)c(CCl)c1Br. The van der Waals surface area contributed by atoms with Crippen molar-refractivity contribution < 1.29 is 13.9 Å². The van der Waals surface area contributed by atoms with Crippen LogP contribution in [0.25, 0.3) is 0 Å². The Kier molecular flexibility index (Phi) is 4.22. The molecule has 0 amide bonds. The lowest BCUT2D eigenvalue weighted by Crippen LogP contribution is -2.01. The minimum absolute atomic E-state index is 0.0684. The van der Waals surface area contributed by atoms with Crippen LogP contribution in [0.3, 0.4) is 0 Å². The van der Waals surface area contributed by atoms with Crippen LogP contribution in [0.15, 0.2) is 10.7 Å². The van der Waals surface area contributed by atoms with E-state index in [-0.39, 0.29) is 23.7 Å². The molecule has 1 aromatic heterocycles. The highest BCUT2D eigenvalue weighted by molar-refractivity contribution is 9.10. The van der Waals surface area contributed by atoms with Gasteiger partial charge >= 0.3 is 0 Å². The van der Waals surface area contributed by atoms with Gasteiger partial charge in [-0.05, 0) is 15.9 Å². The molecular formula is C8H7BrClF2NO. The van der Waals surface area contributed by atoms with E-state index in [1.54, 1.807) is 0 Å². The Balaban J connectivity index is 3.28. The standard InChI is InChI=1S/C8H7BrClF2NO/c9-6-4(3-14)2-13-7(8(11)12)5(6)1-10/h2,8,14H,1,3H2. The number of halogens is 4. The maximum absolute atomic E-state index is 12.4. The summed E-state index contributed by atoms with van der Waals surface area (Å²) in [5.74, 6) is -0.0684. The van der Waals surface area contributed by atoms with Crippen LogP contribution in [0.4, 0.5) is 8.78 Å². The zero-order chi connectivity index (χ0) is 10.7. The summed E-state index contributed by atoms with van der Waals surface area (Å²) in [4.78, 5) is 3.56. The third kappa shape index (κ3) is 2.21. The Morgan fingerprint density at radius 3 is 2.64 bits per heavy atom. The van der Waals surface area contributed by atoms with Gasteiger partial charge in [0.2, 0.25) is 0 Å². The molecule has 0 saturated carbocycles. The van der Waals surface area contributed by atoms with Crippen molar-refractivity contribution in [3.63, 3.8) is 0 Å². The Hall–Kier alpha value is -0.260. The number of alkyl halides is 3. The fraction of sp³-hybridized carbons (Fsp3) is 0.375. The van der Waals surface area contributed by atoms with Crippen LogP contribution in [0.2, 0.25) is 0 Å². The second-order valence-corrected chi connectivity index (χ2v) is 3.61. The predicted molar refractivity (Wildman–Crippen MR) is 52.4 cm³/mol. The molecule has 0 aliphatic heterocycles. The Labute approximate surface area is 93.0 Å². The highest BCUT2D eigenvalue weighted by Gasteiger charge is 2.18. The fourth-order valence-electron chi connectivity index (χ4n) is 1.01.